The van der Waals surface area contributed by atoms with Gasteiger partial charge in [0.2, 0.25) is 0 Å². The van der Waals surface area contributed by atoms with Crippen LogP contribution in [0.5, 0.6) is 0 Å². The van der Waals surface area contributed by atoms with Crippen LogP contribution in [0.4, 0.5) is 105 Å². The molecule has 0 saturated carbocycles. The molecule has 0 N–H and O–H groups in total. The molecule has 0 aliphatic heterocycles. The zero-order valence-corrected chi connectivity index (χ0v) is 17.2. The maximum absolute atomic E-state index is 13.4. The number of esters is 1. The molecular formula is C14H4F24O2. The highest BCUT2D eigenvalue weighted by atomic mass is 19.4. The van der Waals surface area contributed by atoms with Crippen molar-refractivity contribution in [2.75, 3.05) is 6.61 Å². The second kappa shape index (κ2) is 9.96. The summed E-state index contributed by atoms with van der Waals surface area (Å²) in [6.45, 7) is -4.44. The third kappa shape index (κ3) is 4.92. The molecule has 0 heterocycles. The van der Waals surface area contributed by atoms with Crippen molar-refractivity contribution < 1.29 is 115 Å². The van der Waals surface area contributed by atoms with Gasteiger partial charge in [0.05, 0.1) is 0 Å². The number of hydrogen-bond donors (Lipinski definition) is 0. The summed E-state index contributed by atoms with van der Waals surface area (Å²) in [5.41, 5.74) is 0. The standard InChI is InChI=1S/C14H4F24O2/c15-2(16)6(21,22)10(29,30)13(35,36)9(27,28)5(19,20)1-40-4(39)8(25,26)12(33,34)14(37,38)11(31,32)7(23,24)3(17)18/h2-3H,1H2. The lowest BCUT2D eigenvalue weighted by Crippen LogP contribution is -2.70. The van der Waals surface area contributed by atoms with Crippen LogP contribution in [0.15, 0.2) is 0 Å². The number of rotatable bonds is 13. The Morgan fingerprint density at radius 1 is 0.450 bits per heavy atom. The van der Waals surface area contributed by atoms with Gasteiger partial charge in [-0.05, 0) is 0 Å². The Kier molecular flexibility index (Phi) is 9.41. The van der Waals surface area contributed by atoms with E-state index in [2.05, 4.69) is 4.74 Å². The van der Waals surface area contributed by atoms with Crippen LogP contribution in [0.2, 0.25) is 0 Å². The smallest absolute Gasteiger partial charge is 0.410 e. The molecule has 0 saturated heterocycles. The Balaban J connectivity index is 6.39. The molecule has 0 atom stereocenters. The minimum absolute atomic E-state index is 2.10. The monoisotopic (exact) mass is 660 g/mol. The van der Waals surface area contributed by atoms with E-state index >= 15 is 0 Å². The first-order valence-electron chi connectivity index (χ1n) is 8.53. The molecule has 0 aliphatic rings. The zero-order chi connectivity index (χ0) is 33.1. The molecule has 40 heavy (non-hydrogen) atoms. The molecule has 0 unspecified atom stereocenters. The fraction of sp³-hybridized carbons (Fsp3) is 0.929. The van der Waals surface area contributed by atoms with E-state index in [-0.39, 0.29) is 0 Å². The summed E-state index contributed by atoms with van der Waals surface area (Å²) in [6, 6.07) is 0. The fourth-order valence-electron chi connectivity index (χ4n) is 1.98. The second-order valence-corrected chi connectivity index (χ2v) is 7.15. The van der Waals surface area contributed by atoms with E-state index in [0.29, 0.717) is 0 Å². The van der Waals surface area contributed by atoms with Crippen molar-refractivity contribution in [3.8, 4) is 0 Å². The predicted octanol–water partition coefficient (Wildman–Crippen LogP) is 7.41. The first-order chi connectivity index (χ1) is 17.0. The van der Waals surface area contributed by atoms with Gasteiger partial charge in [-0.15, -0.1) is 0 Å². The van der Waals surface area contributed by atoms with Crippen LogP contribution >= 0.6 is 0 Å². The van der Waals surface area contributed by atoms with Crippen LogP contribution in [-0.2, 0) is 9.53 Å². The molecule has 0 aliphatic carbocycles. The fourth-order valence-corrected chi connectivity index (χ4v) is 1.98. The van der Waals surface area contributed by atoms with Crippen LogP contribution in [0, 0.1) is 0 Å². The molecule has 0 rings (SSSR count). The molecule has 240 valence electrons. The summed E-state index contributed by atoms with van der Waals surface area (Å²) in [6.07, 6.45) is -12.0. The van der Waals surface area contributed by atoms with E-state index < -0.39 is 84.7 Å². The summed E-state index contributed by atoms with van der Waals surface area (Å²) in [5.74, 6) is -85.6. The molecule has 0 aromatic rings. The molecule has 0 radical (unpaired) electrons. The summed E-state index contributed by atoms with van der Waals surface area (Å²) >= 11 is 0. The van der Waals surface area contributed by atoms with E-state index in [1.807, 2.05) is 0 Å². The first-order valence-corrected chi connectivity index (χ1v) is 8.53. The van der Waals surface area contributed by atoms with Gasteiger partial charge in [-0.3, -0.25) is 0 Å². The molecule has 2 nitrogen and oxygen atoms in total. The number of alkyl halides is 24. The average molecular weight is 660 g/mol. The topological polar surface area (TPSA) is 26.3 Å². The van der Waals surface area contributed by atoms with Gasteiger partial charge in [0.1, 0.15) is 0 Å². The zero-order valence-electron chi connectivity index (χ0n) is 17.2. The Bertz CT molecular complexity index is 919. The van der Waals surface area contributed by atoms with Gasteiger partial charge >= 0.3 is 78.0 Å². The summed E-state index contributed by atoms with van der Waals surface area (Å²) in [7, 11) is 0. The number of carbonyl (C=O) groups is 1. The highest BCUT2D eigenvalue weighted by Gasteiger charge is 2.90. The number of ether oxygens (including phenoxy) is 1. The van der Waals surface area contributed by atoms with Crippen molar-refractivity contribution in [1.29, 1.82) is 0 Å². The highest BCUT2D eigenvalue weighted by Crippen LogP contribution is 2.60. The molecule has 0 aromatic carbocycles. The van der Waals surface area contributed by atoms with Crippen molar-refractivity contribution in [3.05, 3.63) is 0 Å². The SMILES string of the molecule is O=C(OCC(F)(F)C(F)(F)C(F)(F)C(F)(F)C(F)(F)C(F)F)C(F)(F)C(F)(F)C(F)(F)C(F)(F)C(F)(F)C(F)F. The summed E-state index contributed by atoms with van der Waals surface area (Å²) in [4.78, 5) is 10.8. The molecule has 0 aromatic heterocycles. The lowest BCUT2D eigenvalue weighted by atomic mass is 9.94. The van der Waals surface area contributed by atoms with Crippen LogP contribution in [0.1, 0.15) is 0 Å². The molecule has 0 fully saturated rings. The Morgan fingerprint density at radius 2 is 0.725 bits per heavy atom. The Morgan fingerprint density at radius 3 is 1.00 bits per heavy atom. The van der Waals surface area contributed by atoms with Crippen molar-refractivity contribution in [1.82, 2.24) is 0 Å². The molecule has 0 bridgehead atoms. The van der Waals surface area contributed by atoms with Crippen LogP contribution < -0.4 is 0 Å². The summed E-state index contributed by atoms with van der Waals surface area (Å²) < 4.78 is 312. The van der Waals surface area contributed by atoms with E-state index in [0.717, 1.165) is 0 Å². The van der Waals surface area contributed by atoms with Gasteiger partial charge in [0.15, 0.2) is 6.61 Å². The van der Waals surface area contributed by atoms with Gasteiger partial charge in [-0.2, -0.15) is 87.8 Å². The van der Waals surface area contributed by atoms with Crippen molar-refractivity contribution in [2.45, 2.75) is 72.1 Å². The Hall–Kier alpha value is -2.21. The van der Waals surface area contributed by atoms with Crippen molar-refractivity contribution in [3.63, 3.8) is 0 Å². The second-order valence-electron chi connectivity index (χ2n) is 7.15. The van der Waals surface area contributed by atoms with Crippen LogP contribution in [-0.4, -0.2) is 84.7 Å². The lowest BCUT2D eigenvalue weighted by Gasteiger charge is -2.39. The third-order valence-electron chi connectivity index (χ3n) is 4.46. The lowest BCUT2D eigenvalue weighted by molar-refractivity contribution is -0.416. The van der Waals surface area contributed by atoms with Gasteiger partial charge in [-0.1, -0.05) is 0 Å². The largest absolute Gasteiger partial charge is 0.454 e. The maximum atomic E-state index is 13.4. The number of carbonyl (C=O) groups excluding carboxylic acids is 1. The number of hydrogen-bond acceptors (Lipinski definition) is 2. The maximum Gasteiger partial charge on any atom is 0.410 e. The van der Waals surface area contributed by atoms with Crippen molar-refractivity contribution >= 4 is 5.97 Å². The van der Waals surface area contributed by atoms with E-state index in [9.17, 15) is 110 Å². The van der Waals surface area contributed by atoms with Crippen LogP contribution in [0.3, 0.4) is 0 Å². The van der Waals surface area contributed by atoms with Gasteiger partial charge < -0.3 is 4.74 Å². The van der Waals surface area contributed by atoms with E-state index in [4.69, 9.17) is 0 Å². The van der Waals surface area contributed by atoms with E-state index in [1.165, 1.54) is 0 Å². The quantitative estimate of drug-likeness (QED) is 0.152. The highest BCUT2D eigenvalue weighted by molar-refractivity contribution is 5.79. The van der Waals surface area contributed by atoms with Crippen LogP contribution in [0.25, 0.3) is 0 Å². The molecule has 26 heteroatoms. The summed E-state index contributed by atoms with van der Waals surface area (Å²) in [5, 5.41) is 0. The van der Waals surface area contributed by atoms with Gasteiger partial charge in [0, 0.05) is 0 Å². The van der Waals surface area contributed by atoms with Crippen molar-refractivity contribution in [2.24, 2.45) is 0 Å². The molecule has 0 spiro atoms. The van der Waals surface area contributed by atoms with E-state index in [1.54, 1.807) is 0 Å². The normalized spacial score (nSPS) is 16.1. The predicted molar refractivity (Wildman–Crippen MR) is 72.4 cm³/mol. The average Bonchev–Trinajstić information content (AvgIpc) is 2.75. The molecular weight excluding hydrogens is 656 g/mol. The Labute approximate surface area is 201 Å². The van der Waals surface area contributed by atoms with Gasteiger partial charge in [-0.25, -0.2) is 22.4 Å². The minimum Gasteiger partial charge on any atom is -0.454 e. The number of halogens is 24. The first kappa shape index (κ1) is 37.8. The third-order valence-corrected chi connectivity index (χ3v) is 4.46. The minimum atomic E-state index is -8.51. The molecule has 0 amide bonds. The van der Waals surface area contributed by atoms with Gasteiger partial charge in [0.25, 0.3) is 0 Å².